The lowest BCUT2D eigenvalue weighted by Crippen LogP contribution is -2.64. The molecule has 1 atom stereocenters. The van der Waals surface area contributed by atoms with Crippen LogP contribution in [0.2, 0.25) is 0 Å². The third kappa shape index (κ3) is 4.31. The van der Waals surface area contributed by atoms with Crippen molar-refractivity contribution in [2.75, 3.05) is 13.1 Å². The van der Waals surface area contributed by atoms with Gasteiger partial charge in [0, 0.05) is 31.1 Å². The van der Waals surface area contributed by atoms with Crippen molar-refractivity contribution >= 4 is 5.91 Å². The topological polar surface area (TPSA) is 32.3 Å². The molecule has 2 rings (SSSR count). The molecule has 0 saturated carbocycles. The van der Waals surface area contributed by atoms with Gasteiger partial charge < -0.3 is 10.2 Å². The molecule has 116 valence electrons. The molecule has 1 saturated heterocycles. The van der Waals surface area contributed by atoms with Gasteiger partial charge in [0.1, 0.15) is 0 Å². The van der Waals surface area contributed by atoms with Crippen molar-refractivity contribution in [2.24, 2.45) is 5.92 Å². The summed E-state index contributed by atoms with van der Waals surface area (Å²) in [5.74, 6) is 0.699. The fraction of sp³-hybridized carbons (Fsp3) is 0.611. The first-order chi connectivity index (χ1) is 9.88. The fourth-order valence-corrected chi connectivity index (χ4v) is 2.96. The molecule has 0 spiro atoms. The van der Waals surface area contributed by atoms with E-state index in [1.165, 1.54) is 5.56 Å². The number of piperazine rings is 1. The number of hydrogen-bond donors (Lipinski definition) is 1. The molecule has 1 aliphatic heterocycles. The zero-order chi connectivity index (χ0) is 15.5. The predicted octanol–water partition coefficient (Wildman–Crippen LogP) is 2.85. The lowest BCUT2D eigenvalue weighted by atomic mass is 9.93. The van der Waals surface area contributed by atoms with Crippen molar-refractivity contribution < 1.29 is 4.79 Å². The summed E-state index contributed by atoms with van der Waals surface area (Å²) >= 11 is 0. The van der Waals surface area contributed by atoms with E-state index in [9.17, 15) is 4.79 Å². The van der Waals surface area contributed by atoms with E-state index >= 15 is 0 Å². The van der Waals surface area contributed by atoms with Crippen LogP contribution in [0.1, 0.15) is 39.7 Å². The Labute approximate surface area is 128 Å². The van der Waals surface area contributed by atoms with Crippen molar-refractivity contribution in [3.8, 4) is 0 Å². The Balaban J connectivity index is 2.03. The Kier molecular flexibility index (Phi) is 5.04. The molecule has 0 aliphatic carbocycles. The SMILES string of the molecule is CC(C)CC(=O)N1CC(Cc2ccccc2)NCC1(C)C. The molecule has 1 fully saturated rings. The Hall–Kier alpha value is -1.35. The van der Waals surface area contributed by atoms with E-state index in [4.69, 9.17) is 0 Å². The molecule has 1 aromatic carbocycles. The molecule has 0 aromatic heterocycles. The van der Waals surface area contributed by atoms with Crippen molar-refractivity contribution in [3.63, 3.8) is 0 Å². The van der Waals surface area contributed by atoms with Gasteiger partial charge in [-0.1, -0.05) is 44.2 Å². The standard InChI is InChI=1S/C18H28N2O/c1-14(2)10-17(21)20-12-16(19-13-18(20,3)4)11-15-8-6-5-7-9-15/h5-9,14,16,19H,10-13H2,1-4H3. The third-order valence-corrected chi connectivity index (χ3v) is 4.17. The van der Waals surface area contributed by atoms with Gasteiger partial charge in [-0.15, -0.1) is 0 Å². The molecular formula is C18H28N2O. The van der Waals surface area contributed by atoms with Crippen LogP contribution in [-0.2, 0) is 11.2 Å². The van der Waals surface area contributed by atoms with Crippen LogP contribution in [0, 0.1) is 5.92 Å². The van der Waals surface area contributed by atoms with Crippen LogP contribution in [0.5, 0.6) is 0 Å². The largest absolute Gasteiger partial charge is 0.335 e. The smallest absolute Gasteiger partial charge is 0.223 e. The summed E-state index contributed by atoms with van der Waals surface area (Å²) in [5.41, 5.74) is 1.23. The molecule has 3 heteroatoms. The zero-order valence-corrected chi connectivity index (χ0v) is 13.7. The number of carbonyl (C=O) groups is 1. The molecule has 0 bridgehead atoms. The number of nitrogens with zero attached hydrogens (tertiary/aromatic N) is 1. The van der Waals surface area contributed by atoms with E-state index < -0.39 is 0 Å². The summed E-state index contributed by atoms with van der Waals surface area (Å²) in [5, 5.41) is 3.60. The molecule has 1 unspecified atom stereocenters. The van der Waals surface area contributed by atoms with E-state index in [2.05, 4.69) is 62.2 Å². The Bertz CT molecular complexity index is 467. The van der Waals surface area contributed by atoms with Crippen LogP contribution in [0.15, 0.2) is 30.3 Å². The molecule has 1 N–H and O–H groups in total. The number of benzene rings is 1. The average Bonchev–Trinajstić information content (AvgIpc) is 2.41. The number of rotatable bonds is 4. The minimum Gasteiger partial charge on any atom is -0.335 e. The minimum atomic E-state index is -0.0981. The molecular weight excluding hydrogens is 260 g/mol. The molecule has 1 aromatic rings. The first-order valence-electron chi connectivity index (χ1n) is 7.96. The van der Waals surface area contributed by atoms with Crippen LogP contribution in [0.4, 0.5) is 0 Å². The average molecular weight is 288 g/mol. The highest BCUT2D eigenvalue weighted by molar-refractivity contribution is 5.77. The first kappa shape index (κ1) is 16.0. The van der Waals surface area contributed by atoms with Gasteiger partial charge >= 0.3 is 0 Å². The van der Waals surface area contributed by atoms with Gasteiger partial charge in [-0.3, -0.25) is 4.79 Å². The highest BCUT2D eigenvalue weighted by Crippen LogP contribution is 2.22. The van der Waals surface area contributed by atoms with E-state index in [-0.39, 0.29) is 11.4 Å². The van der Waals surface area contributed by atoms with Crippen LogP contribution in [0.3, 0.4) is 0 Å². The number of nitrogens with one attached hydrogen (secondary N) is 1. The number of carbonyl (C=O) groups excluding carboxylic acids is 1. The summed E-state index contributed by atoms with van der Waals surface area (Å²) < 4.78 is 0. The van der Waals surface area contributed by atoms with Crippen molar-refractivity contribution in [1.82, 2.24) is 10.2 Å². The number of amides is 1. The zero-order valence-electron chi connectivity index (χ0n) is 13.7. The van der Waals surface area contributed by atoms with Gasteiger partial charge in [0.15, 0.2) is 0 Å². The Morgan fingerprint density at radius 1 is 1.33 bits per heavy atom. The summed E-state index contributed by atoms with van der Waals surface area (Å²) in [6.45, 7) is 10.2. The normalized spacial score (nSPS) is 21.6. The quantitative estimate of drug-likeness (QED) is 0.924. The highest BCUT2D eigenvalue weighted by atomic mass is 16.2. The van der Waals surface area contributed by atoms with Crippen LogP contribution >= 0.6 is 0 Å². The summed E-state index contributed by atoms with van der Waals surface area (Å²) in [4.78, 5) is 14.6. The van der Waals surface area contributed by atoms with Crippen LogP contribution in [0.25, 0.3) is 0 Å². The first-order valence-corrected chi connectivity index (χ1v) is 7.96. The van der Waals surface area contributed by atoms with Crippen LogP contribution < -0.4 is 5.32 Å². The second-order valence-corrected chi connectivity index (χ2v) is 7.18. The Morgan fingerprint density at radius 3 is 2.62 bits per heavy atom. The molecule has 3 nitrogen and oxygen atoms in total. The second kappa shape index (κ2) is 6.61. The third-order valence-electron chi connectivity index (χ3n) is 4.17. The van der Waals surface area contributed by atoms with Gasteiger partial charge in [0.05, 0.1) is 0 Å². The minimum absolute atomic E-state index is 0.0981. The summed E-state index contributed by atoms with van der Waals surface area (Å²) in [6.07, 6.45) is 1.61. The molecule has 21 heavy (non-hydrogen) atoms. The highest BCUT2D eigenvalue weighted by Gasteiger charge is 2.36. The monoisotopic (exact) mass is 288 g/mol. The van der Waals surface area contributed by atoms with Gasteiger partial charge in [0.2, 0.25) is 5.91 Å². The molecule has 1 aliphatic rings. The maximum Gasteiger partial charge on any atom is 0.223 e. The van der Waals surface area contributed by atoms with Crippen molar-refractivity contribution in [2.45, 2.75) is 52.1 Å². The van der Waals surface area contributed by atoms with Gasteiger partial charge in [0.25, 0.3) is 0 Å². The van der Waals surface area contributed by atoms with Crippen molar-refractivity contribution in [1.29, 1.82) is 0 Å². The predicted molar refractivity (Wildman–Crippen MR) is 87.2 cm³/mol. The van der Waals surface area contributed by atoms with E-state index in [1.807, 2.05) is 6.07 Å². The Morgan fingerprint density at radius 2 is 2.00 bits per heavy atom. The fourth-order valence-electron chi connectivity index (χ4n) is 2.96. The lowest BCUT2D eigenvalue weighted by Gasteiger charge is -2.46. The summed E-state index contributed by atoms with van der Waals surface area (Å²) in [7, 11) is 0. The van der Waals surface area contributed by atoms with Gasteiger partial charge in [-0.05, 0) is 31.7 Å². The van der Waals surface area contributed by atoms with Gasteiger partial charge in [-0.25, -0.2) is 0 Å². The van der Waals surface area contributed by atoms with Gasteiger partial charge in [-0.2, -0.15) is 0 Å². The maximum absolute atomic E-state index is 12.5. The van der Waals surface area contributed by atoms with E-state index in [0.717, 1.165) is 19.5 Å². The molecule has 1 amide bonds. The maximum atomic E-state index is 12.5. The van der Waals surface area contributed by atoms with Crippen LogP contribution in [-0.4, -0.2) is 35.5 Å². The number of hydrogen-bond acceptors (Lipinski definition) is 2. The van der Waals surface area contributed by atoms with E-state index in [1.54, 1.807) is 0 Å². The molecule has 0 radical (unpaired) electrons. The lowest BCUT2D eigenvalue weighted by molar-refractivity contribution is -0.139. The van der Waals surface area contributed by atoms with E-state index in [0.29, 0.717) is 18.4 Å². The van der Waals surface area contributed by atoms with Crippen molar-refractivity contribution in [3.05, 3.63) is 35.9 Å². The molecule has 1 heterocycles. The second-order valence-electron chi connectivity index (χ2n) is 7.18. The summed E-state index contributed by atoms with van der Waals surface area (Å²) in [6, 6.07) is 10.8.